The van der Waals surface area contributed by atoms with Crippen LogP contribution in [0.2, 0.25) is 5.02 Å². The lowest BCUT2D eigenvalue weighted by atomic mass is 10.2. The minimum Gasteiger partial charge on any atom is -0.353 e. The van der Waals surface area contributed by atoms with Gasteiger partial charge >= 0.3 is 0 Å². The Morgan fingerprint density at radius 2 is 1.91 bits per heavy atom. The zero-order chi connectivity index (χ0) is 15.6. The number of halogens is 1. The summed E-state index contributed by atoms with van der Waals surface area (Å²) in [6, 6.07) is 7.50. The van der Waals surface area contributed by atoms with Crippen molar-refractivity contribution < 1.29 is 4.79 Å². The van der Waals surface area contributed by atoms with E-state index in [9.17, 15) is 4.79 Å². The number of carbonyl (C=O) groups excluding carboxylic acids is 1. The first kappa shape index (κ1) is 17.0. The number of hydrogen-bond acceptors (Lipinski definition) is 2. The van der Waals surface area contributed by atoms with Crippen LogP contribution in [-0.4, -0.2) is 37.0 Å². The maximum atomic E-state index is 11.8. The molecule has 1 aliphatic rings. The third-order valence-electron chi connectivity index (χ3n) is 3.97. The Kier molecular flexibility index (Phi) is 7.47. The van der Waals surface area contributed by atoms with E-state index in [-0.39, 0.29) is 5.91 Å². The van der Waals surface area contributed by atoms with Gasteiger partial charge in [0.05, 0.1) is 0 Å². The van der Waals surface area contributed by atoms with Crippen LogP contribution in [0.4, 0.5) is 0 Å². The highest BCUT2D eigenvalue weighted by atomic mass is 35.5. The van der Waals surface area contributed by atoms with Crippen molar-refractivity contribution >= 4 is 23.6 Å². The highest BCUT2D eigenvalue weighted by Crippen LogP contribution is 2.16. The number of hydrogen-bond donors (Lipinski definition) is 1. The summed E-state index contributed by atoms with van der Waals surface area (Å²) in [4.78, 5) is 14.3. The van der Waals surface area contributed by atoms with Gasteiger partial charge in [-0.2, -0.15) is 0 Å². The summed E-state index contributed by atoms with van der Waals surface area (Å²) < 4.78 is 0. The second-order valence-corrected chi connectivity index (χ2v) is 6.16. The molecule has 22 heavy (non-hydrogen) atoms. The van der Waals surface area contributed by atoms with E-state index in [1.807, 2.05) is 24.3 Å². The molecule has 1 N–H and O–H groups in total. The fourth-order valence-electron chi connectivity index (χ4n) is 2.71. The summed E-state index contributed by atoms with van der Waals surface area (Å²) in [5, 5.41) is 3.59. The van der Waals surface area contributed by atoms with Crippen LogP contribution in [0.3, 0.4) is 0 Å². The molecule has 0 atom stereocenters. The Morgan fingerprint density at radius 1 is 1.18 bits per heavy atom. The van der Waals surface area contributed by atoms with Crippen molar-refractivity contribution in [1.82, 2.24) is 10.2 Å². The zero-order valence-corrected chi connectivity index (χ0v) is 13.8. The normalized spacial score (nSPS) is 16.6. The number of nitrogens with one attached hydrogen (secondary N) is 1. The van der Waals surface area contributed by atoms with E-state index in [2.05, 4.69) is 10.2 Å². The van der Waals surface area contributed by atoms with Crippen LogP contribution in [-0.2, 0) is 4.79 Å². The molecule has 0 aliphatic carbocycles. The highest BCUT2D eigenvalue weighted by Gasteiger charge is 2.08. The van der Waals surface area contributed by atoms with Crippen molar-refractivity contribution in [3.8, 4) is 0 Å². The molecule has 0 aromatic heterocycles. The van der Waals surface area contributed by atoms with Crippen LogP contribution in [0.5, 0.6) is 0 Å². The molecule has 1 heterocycles. The van der Waals surface area contributed by atoms with E-state index >= 15 is 0 Å². The van der Waals surface area contributed by atoms with Crippen molar-refractivity contribution in [2.75, 3.05) is 26.2 Å². The van der Waals surface area contributed by atoms with Gasteiger partial charge in [-0.1, -0.05) is 42.6 Å². The molecule has 2 rings (SSSR count). The lowest BCUT2D eigenvalue weighted by molar-refractivity contribution is -0.116. The van der Waals surface area contributed by atoms with Gasteiger partial charge in [-0.15, -0.1) is 0 Å². The fraction of sp³-hybridized carbons (Fsp3) is 0.500. The van der Waals surface area contributed by atoms with Crippen molar-refractivity contribution in [3.05, 3.63) is 40.9 Å². The molecular formula is C18H25ClN2O. The topological polar surface area (TPSA) is 32.3 Å². The standard InChI is InChI=1S/C18H25ClN2O/c19-17-9-4-3-8-16(17)10-11-18(22)20-12-7-15-21-13-5-1-2-6-14-21/h3-4,8-11H,1-2,5-7,12-15H2,(H,20,22)/b11-10+. The predicted molar refractivity (Wildman–Crippen MR) is 93.0 cm³/mol. The molecule has 1 fully saturated rings. The molecule has 0 saturated carbocycles. The molecule has 1 saturated heterocycles. The molecule has 1 amide bonds. The van der Waals surface area contributed by atoms with Gasteiger partial charge in [0.2, 0.25) is 5.91 Å². The van der Waals surface area contributed by atoms with Crippen LogP contribution in [0.15, 0.2) is 30.3 Å². The van der Waals surface area contributed by atoms with Gasteiger partial charge in [0.15, 0.2) is 0 Å². The van der Waals surface area contributed by atoms with Gasteiger partial charge in [0.1, 0.15) is 0 Å². The smallest absolute Gasteiger partial charge is 0.244 e. The van der Waals surface area contributed by atoms with E-state index in [1.165, 1.54) is 38.8 Å². The molecule has 120 valence electrons. The van der Waals surface area contributed by atoms with Gasteiger partial charge in [0.25, 0.3) is 0 Å². The minimum absolute atomic E-state index is 0.0595. The molecular weight excluding hydrogens is 296 g/mol. The van der Waals surface area contributed by atoms with Gasteiger partial charge < -0.3 is 10.2 Å². The maximum absolute atomic E-state index is 11.8. The first-order valence-corrected chi connectivity index (χ1v) is 8.56. The summed E-state index contributed by atoms with van der Waals surface area (Å²) in [5.74, 6) is -0.0595. The molecule has 3 nitrogen and oxygen atoms in total. The third-order valence-corrected chi connectivity index (χ3v) is 4.31. The lowest BCUT2D eigenvalue weighted by Crippen LogP contribution is -2.30. The first-order valence-electron chi connectivity index (χ1n) is 8.18. The number of nitrogens with zero attached hydrogens (tertiary/aromatic N) is 1. The van der Waals surface area contributed by atoms with Gasteiger partial charge in [0, 0.05) is 17.6 Å². The molecule has 1 aromatic rings. The average Bonchev–Trinajstić information content (AvgIpc) is 2.79. The lowest BCUT2D eigenvalue weighted by Gasteiger charge is -2.19. The Morgan fingerprint density at radius 3 is 2.64 bits per heavy atom. The van der Waals surface area contributed by atoms with Crippen LogP contribution in [0.1, 0.15) is 37.7 Å². The minimum atomic E-state index is -0.0595. The Labute approximate surface area is 138 Å². The van der Waals surface area contributed by atoms with Crippen LogP contribution in [0.25, 0.3) is 6.08 Å². The second kappa shape index (κ2) is 9.65. The van der Waals surface area contributed by atoms with Gasteiger partial charge in [-0.25, -0.2) is 0 Å². The summed E-state index contributed by atoms with van der Waals surface area (Å²) in [7, 11) is 0. The Hall–Kier alpha value is -1.32. The van der Waals surface area contributed by atoms with Crippen LogP contribution < -0.4 is 5.32 Å². The summed E-state index contributed by atoms with van der Waals surface area (Å²) in [6.07, 6.45) is 9.66. The van der Waals surface area contributed by atoms with Gasteiger partial charge in [-0.05, 0) is 56.6 Å². The SMILES string of the molecule is O=C(/C=C/c1ccccc1Cl)NCCCN1CCCCCC1. The highest BCUT2D eigenvalue weighted by molar-refractivity contribution is 6.32. The number of carbonyl (C=O) groups is 1. The van der Waals surface area contributed by atoms with Crippen molar-refractivity contribution in [2.45, 2.75) is 32.1 Å². The van der Waals surface area contributed by atoms with Crippen molar-refractivity contribution in [1.29, 1.82) is 0 Å². The molecule has 4 heteroatoms. The van der Waals surface area contributed by atoms with Crippen LogP contribution >= 0.6 is 11.6 Å². The summed E-state index contributed by atoms with van der Waals surface area (Å²) in [6.45, 7) is 4.22. The molecule has 0 bridgehead atoms. The maximum Gasteiger partial charge on any atom is 0.244 e. The predicted octanol–water partition coefficient (Wildman–Crippen LogP) is 3.74. The number of likely N-dealkylation sites (tertiary alicyclic amines) is 1. The number of rotatable bonds is 6. The van der Waals surface area contributed by atoms with Crippen molar-refractivity contribution in [2.24, 2.45) is 0 Å². The molecule has 1 aromatic carbocycles. The van der Waals surface area contributed by atoms with Gasteiger partial charge in [-0.3, -0.25) is 4.79 Å². The number of benzene rings is 1. The molecule has 0 radical (unpaired) electrons. The van der Waals surface area contributed by atoms with E-state index < -0.39 is 0 Å². The largest absolute Gasteiger partial charge is 0.353 e. The third kappa shape index (κ3) is 6.20. The Bertz CT molecular complexity index is 494. The Balaban J connectivity index is 1.64. The number of amides is 1. The first-order chi connectivity index (χ1) is 10.8. The van der Waals surface area contributed by atoms with E-state index in [0.717, 1.165) is 25.1 Å². The monoisotopic (exact) mass is 320 g/mol. The van der Waals surface area contributed by atoms with E-state index in [0.29, 0.717) is 5.02 Å². The van der Waals surface area contributed by atoms with E-state index in [4.69, 9.17) is 11.6 Å². The average molecular weight is 321 g/mol. The quantitative estimate of drug-likeness (QED) is 0.640. The fourth-order valence-corrected chi connectivity index (χ4v) is 2.91. The molecule has 1 aliphatic heterocycles. The summed E-state index contributed by atoms with van der Waals surface area (Å²) >= 11 is 6.05. The zero-order valence-electron chi connectivity index (χ0n) is 13.1. The molecule has 0 unspecified atom stereocenters. The second-order valence-electron chi connectivity index (χ2n) is 5.76. The molecule has 0 spiro atoms. The van der Waals surface area contributed by atoms with E-state index in [1.54, 1.807) is 12.2 Å². The van der Waals surface area contributed by atoms with Crippen molar-refractivity contribution in [3.63, 3.8) is 0 Å². The summed E-state index contributed by atoms with van der Waals surface area (Å²) in [5.41, 5.74) is 0.865. The van der Waals surface area contributed by atoms with Crippen LogP contribution in [0, 0.1) is 0 Å².